The van der Waals surface area contributed by atoms with Gasteiger partial charge in [-0.05, 0) is 31.9 Å². The largest absolute Gasteiger partial charge is 0.382 e. The summed E-state index contributed by atoms with van der Waals surface area (Å²) in [5.41, 5.74) is -0.759. The number of nitro groups is 1. The van der Waals surface area contributed by atoms with Crippen molar-refractivity contribution in [2.75, 3.05) is 19.8 Å². The van der Waals surface area contributed by atoms with Crippen LogP contribution in [0.25, 0.3) is 0 Å². The Morgan fingerprint density at radius 3 is 2.67 bits per heavy atom. The maximum atomic E-state index is 13.4. The van der Waals surface area contributed by atoms with Crippen LogP contribution in [-0.4, -0.2) is 33.1 Å². The molecule has 0 heterocycles. The van der Waals surface area contributed by atoms with Crippen LogP contribution >= 0.6 is 0 Å². The van der Waals surface area contributed by atoms with E-state index >= 15 is 0 Å². The lowest BCUT2D eigenvalue weighted by Gasteiger charge is -2.09. The highest BCUT2D eigenvalue weighted by Crippen LogP contribution is 2.25. The summed E-state index contributed by atoms with van der Waals surface area (Å²) >= 11 is 0. The highest BCUT2D eigenvalue weighted by Gasteiger charge is 2.23. The van der Waals surface area contributed by atoms with Gasteiger partial charge in [-0.3, -0.25) is 10.1 Å². The van der Waals surface area contributed by atoms with Crippen LogP contribution in [0.4, 0.5) is 10.1 Å². The molecule has 0 atom stereocenters. The van der Waals surface area contributed by atoms with E-state index in [0.29, 0.717) is 19.6 Å². The normalized spacial score (nSPS) is 11.6. The number of hydrogen-bond donors (Lipinski definition) is 1. The van der Waals surface area contributed by atoms with Crippen molar-refractivity contribution in [3.05, 3.63) is 33.6 Å². The van der Waals surface area contributed by atoms with Crippen LogP contribution in [-0.2, 0) is 14.8 Å². The fourth-order valence-corrected chi connectivity index (χ4v) is 2.99. The Balaban J connectivity index is 2.92. The number of halogens is 1. The Hall–Kier alpha value is -1.58. The average Bonchev–Trinajstić information content (AvgIpc) is 2.37. The SMILES string of the molecule is CCOCCCNS(=O)(=O)c1cc([N+](=O)[O-])c(F)cc1C. The van der Waals surface area contributed by atoms with Crippen molar-refractivity contribution in [1.29, 1.82) is 0 Å². The molecule has 0 unspecified atom stereocenters. The zero-order chi connectivity index (χ0) is 16.0. The Labute approximate surface area is 122 Å². The zero-order valence-corrected chi connectivity index (χ0v) is 12.6. The third-order valence-corrected chi connectivity index (χ3v) is 4.30. The number of nitrogens with one attached hydrogen (secondary N) is 1. The van der Waals surface area contributed by atoms with Crippen molar-refractivity contribution >= 4 is 15.7 Å². The molecular formula is C12H17FN2O5S. The molecule has 1 N–H and O–H groups in total. The van der Waals surface area contributed by atoms with E-state index in [4.69, 9.17) is 4.74 Å². The number of nitro benzene ring substituents is 1. The van der Waals surface area contributed by atoms with E-state index in [1.165, 1.54) is 6.92 Å². The first-order chi connectivity index (χ1) is 9.79. The fourth-order valence-electron chi connectivity index (χ4n) is 1.67. The first kappa shape index (κ1) is 17.5. The molecule has 1 rings (SSSR count). The highest BCUT2D eigenvalue weighted by molar-refractivity contribution is 7.89. The minimum atomic E-state index is -3.93. The van der Waals surface area contributed by atoms with Gasteiger partial charge in [0, 0.05) is 25.8 Å². The van der Waals surface area contributed by atoms with Crippen LogP contribution in [0.1, 0.15) is 18.9 Å². The molecule has 0 aliphatic heterocycles. The van der Waals surface area contributed by atoms with Crippen LogP contribution in [0.5, 0.6) is 0 Å². The second-order valence-electron chi connectivity index (χ2n) is 4.27. The Morgan fingerprint density at radius 1 is 1.43 bits per heavy atom. The standard InChI is InChI=1S/C12H17FN2O5S/c1-3-20-6-4-5-14-21(18,19)12-8-11(15(16)17)10(13)7-9(12)2/h7-8,14H,3-6H2,1-2H3. The van der Waals surface area contributed by atoms with Gasteiger partial charge in [-0.1, -0.05) is 0 Å². The number of hydrogen-bond acceptors (Lipinski definition) is 5. The van der Waals surface area contributed by atoms with Crippen LogP contribution < -0.4 is 4.72 Å². The average molecular weight is 320 g/mol. The summed E-state index contributed by atoms with van der Waals surface area (Å²) < 4.78 is 44.9. The predicted octanol–water partition coefficient (Wildman–Crippen LogP) is 1.75. The maximum Gasteiger partial charge on any atom is 0.306 e. The van der Waals surface area contributed by atoms with Gasteiger partial charge in [0.1, 0.15) is 0 Å². The van der Waals surface area contributed by atoms with E-state index < -0.39 is 26.5 Å². The fraction of sp³-hybridized carbons (Fsp3) is 0.500. The lowest BCUT2D eigenvalue weighted by Crippen LogP contribution is -2.26. The van der Waals surface area contributed by atoms with Gasteiger partial charge in [0.25, 0.3) is 0 Å². The van der Waals surface area contributed by atoms with E-state index in [0.717, 1.165) is 12.1 Å². The van der Waals surface area contributed by atoms with E-state index in [2.05, 4.69) is 4.72 Å². The summed E-state index contributed by atoms with van der Waals surface area (Å²) in [6.45, 7) is 4.28. The number of rotatable bonds is 8. The molecule has 1 aromatic carbocycles. The third kappa shape index (κ3) is 4.73. The monoisotopic (exact) mass is 320 g/mol. The van der Waals surface area contributed by atoms with Gasteiger partial charge in [-0.15, -0.1) is 0 Å². The summed E-state index contributed by atoms with van der Waals surface area (Å²) in [6, 6.07) is 1.57. The van der Waals surface area contributed by atoms with Gasteiger partial charge >= 0.3 is 5.69 Å². The summed E-state index contributed by atoms with van der Waals surface area (Å²) in [5.74, 6) is -1.06. The van der Waals surface area contributed by atoms with Crippen molar-refractivity contribution in [3.63, 3.8) is 0 Å². The van der Waals surface area contributed by atoms with E-state index in [1.54, 1.807) is 0 Å². The molecule has 0 saturated carbocycles. The van der Waals surface area contributed by atoms with Crippen molar-refractivity contribution in [3.8, 4) is 0 Å². The van der Waals surface area contributed by atoms with Gasteiger partial charge in [0.05, 0.1) is 9.82 Å². The Kier molecular flexibility index (Phi) is 6.19. The summed E-state index contributed by atoms with van der Waals surface area (Å²) in [5, 5.41) is 10.7. The molecule has 21 heavy (non-hydrogen) atoms. The molecule has 0 radical (unpaired) electrons. The quantitative estimate of drug-likeness (QED) is 0.447. The number of ether oxygens (including phenoxy) is 1. The number of sulfonamides is 1. The second-order valence-corrected chi connectivity index (χ2v) is 6.01. The lowest BCUT2D eigenvalue weighted by atomic mass is 10.2. The Morgan fingerprint density at radius 2 is 2.10 bits per heavy atom. The van der Waals surface area contributed by atoms with Gasteiger partial charge in [-0.2, -0.15) is 4.39 Å². The molecule has 1 aromatic rings. The molecule has 0 amide bonds. The van der Waals surface area contributed by atoms with Crippen molar-refractivity contribution in [2.24, 2.45) is 0 Å². The molecule has 0 aliphatic carbocycles. The molecule has 0 spiro atoms. The van der Waals surface area contributed by atoms with Gasteiger partial charge in [0.2, 0.25) is 15.8 Å². The molecular weight excluding hydrogens is 303 g/mol. The molecule has 0 fully saturated rings. The molecule has 0 bridgehead atoms. The van der Waals surface area contributed by atoms with Gasteiger partial charge in [0.15, 0.2) is 0 Å². The van der Waals surface area contributed by atoms with Gasteiger partial charge < -0.3 is 4.74 Å². The summed E-state index contributed by atoms with van der Waals surface area (Å²) in [7, 11) is -3.93. The predicted molar refractivity (Wildman–Crippen MR) is 74.1 cm³/mol. The van der Waals surface area contributed by atoms with E-state index in [-0.39, 0.29) is 17.0 Å². The Bertz CT molecular complexity index is 618. The first-order valence-corrected chi connectivity index (χ1v) is 7.80. The molecule has 0 aliphatic rings. The summed E-state index contributed by atoms with van der Waals surface area (Å²) in [6.07, 6.45) is 0.468. The topological polar surface area (TPSA) is 98.5 Å². The zero-order valence-electron chi connectivity index (χ0n) is 11.8. The smallest absolute Gasteiger partial charge is 0.306 e. The van der Waals surface area contributed by atoms with Crippen molar-refractivity contribution in [2.45, 2.75) is 25.2 Å². The third-order valence-electron chi connectivity index (χ3n) is 2.69. The van der Waals surface area contributed by atoms with Crippen LogP contribution in [0.3, 0.4) is 0 Å². The lowest BCUT2D eigenvalue weighted by molar-refractivity contribution is -0.387. The molecule has 9 heteroatoms. The number of benzene rings is 1. The molecule has 0 aromatic heterocycles. The van der Waals surface area contributed by atoms with E-state index in [1.807, 2.05) is 6.92 Å². The number of nitrogens with zero attached hydrogens (tertiary/aromatic N) is 1. The molecule has 0 saturated heterocycles. The molecule has 7 nitrogen and oxygen atoms in total. The minimum Gasteiger partial charge on any atom is -0.382 e. The first-order valence-electron chi connectivity index (χ1n) is 6.31. The van der Waals surface area contributed by atoms with E-state index in [9.17, 15) is 22.9 Å². The second kappa shape index (κ2) is 7.43. The van der Waals surface area contributed by atoms with Crippen LogP contribution in [0.15, 0.2) is 17.0 Å². The minimum absolute atomic E-state index is 0.107. The number of aryl methyl sites for hydroxylation is 1. The highest BCUT2D eigenvalue weighted by atomic mass is 32.2. The summed E-state index contributed by atoms with van der Waals surface area (Å²) in [4.78, 5) is 9.42. The van der Waals surface area contributed by atoms with Crippen LogP contribution in [0.2, 0.25) is 0 Å². The molecule has 118 valence electrons. The van der Waals surface area contributed by atoms with Crippen molar-refractivity contribution in [1.82, 2.24) is 4.72 Å². The van der Waals surface area contributed by atoms with Gasteiger partial charge in [-0.25, -0.2) is 13.1 Å². The van der Waals surface area contributed by atoms with Crippen LogP contribution in [0, 0.1) is 22.9 Å². The van der Waals surface area contributed by atoms with Crippen molar-refractivity contribution < 1.29 is 22.5 Å². The maximum absolute atomic E-state index is 13.4.